The third-order valence-corrected chi connectivity index (χ3v) is 4.97. The van der Waals surface area contributed by atoms with Crippen LogP contribution in [0.1, 0.15) is 44.7 Å². The Labute approximate surface area is 144 Å². The lowest BCUT2D eigenvalue weighted by Crippen LogP contribution is -2.27. The second kappa shape index (κ2) is 7.59. The second-order valence-electron chi connectivity index (χ2n) is 5.79. The first kappa shape index (κ1) is 16.7. The molecule has 3 N–H and O–H groups in total. The van der Waals surface area contributed by atoms with Gasteiger partial charge in [0, 0.05) is 12.1 Å². The Morgan fingerprint density at radius 2 is 1.88 bits per heavy atom. The zero-order valence-corrected chi connectivity index (χ0v) is 14.1. The van der Waals surface area contributed by atoms with E-state index in [0.717, 1.165) is 19.3 Å². The molecule has 0 aliphatic heterocycles. The van der Waals surface area contributed by atoms with Gasteiger partial charge in [-0.2, -0.15) is 0 Å². The number of amides is 2. The minimum absolute atomic E-state index is 0.118. The highest BCUT2D eigenvalue weighted by molar-refractivity contribution is 7.14. The number of hydrogen-bond donors (Lipinski definition) is 3. The Bertz CT molecular complexity index is 754. The van der Waals surface area contributed by atoms with Gasteiger partial charge in [0.05, 0.1) is 12.2 Å². The highest BCUT2D eigenvalue weighted by Crippen LogP contribution is 2.26. The summed E-state index contributed by atoms with van der Waals surface area (Å²) in [5.41, 5.74) is 3.62. The van der Waals surface area contributed by atoms with Crippen LogP contribution in [-0.2, 0) is 12.8 Å². The van der Waals surface area contributed by atoms with Gasteiger partial charge in [0.15, 0.2) is 0 Å². The van der Waals surface area contributed by atoms with Crippen molar-refractivity contribution in [1.82, 2.24) is 5.32 Å². The van der Waals surface area contributed by atoms with E-state index in [1.807, 2.05) is 18.2 Å². The zero-order valence-electron chi connectivity index (χ0n) is 13.3. The molecule has 1 aliphatic rings. The Kier molecular flexibility index (Phi) is 5.27. The molecule has 0 bridgehead atoms. The van der Waals surface area contributed by atoms with E-state index in [0.29, 0.717) is 16.1 Å². The van der Waals surface area contributed by atoms with Crippen LogP contribution in [-0.4, -0.2) is 30.1 Å². The number of hydrogen-bond acceptors (Lipinski definition) is 4. The molecule has 2 aromatic rings. The van der Waals surface area contributed by atoms with E-state index in [1.165, 1.54) is 28.9 Å². The van der Waals surface area contributed by atoms with E-state index in [4.69, 9.17) is 5.11 Å². The normalized spacial score (nSPS) is 13.2. The molecule has 0 radical (unpaired) electrons. The van der Waals surface area contributed by atoms with Crippen LogP contribution in [0.4, 0.5) is 5.00 Å². The summed E-state index contributed by atoms with van der Waals surface area (Å²) in [6.45, 7) is 0.0690. The van der Waals surface area contributed by atoms with E-state index in [1.54, 1.807) is 11.4 Å². The number of fused-ring (bicyclic) bond motifs is 1. The van der Waals surface area contributed by atoms with Crippen LogP contribution in [0.25, 0.3) is 0 Å². The molecule has 2 amide bonds. The number of aliphatic hydroxyl groups excluding tert-OH is 1. The molecular formula is C18H20N2O3S. The maximum atomic E-state index is 12.5. The predicted molar refractivity (Wildman–Crippen MR) is 94.8 cm³/mol. The van der Waals surface area contributed by atoms with Gasteiger partial charge in [-0.05, 0) is 60.4 Å². The maximum Gasteiger partial charge on any atom is 0.256 e. The summed E-state index contributed by atoms with van der Waals surface area (Å²) in [6.07, 6.45) is 4.47. The maximum absolute atomic E-state index is 12.5. The van der Waals surface area contributed by atoms with Crippen molar-refractivity contribution in [2.75, 3.05) is 18.5 Å². The Hall–Kier alpha value is -2.18. The van der Waals surface area contributed by atoms with Gasteiger partial charge in [-0.25, -0.2) is 0 Å². The first-order chi connectivity index (χ1) is 11.7. The summed E-state index contributed by atoms with van der Waals surface area (Å²) >= 11 is 1.31. The van der Waals surface area contributed by atoms with Crippen LogP contribution in [0.5, 0.6) is 0 Å². The number of rotatable bonds is 5. The van der Waals surface area contributed by atoms with Crippen molar-refractivity contribution in [3.8, 4) is 0 Å². The number of anilines is 1. The Morgan fingerprint density at radius 1 is 1.08 bits per heavy atom. The molecule has 5 nitrogen and oxygen atoms in total. The lowest BCUT2D eigenvalue weighted by Gasteiger charge is -2.16. The molecule has 0 unspecified atom stereocenters. The van der Waals surface area contributed by atoms with Crippen molar-refractivity contribution in [2.24, 2.45) is 0 Å². The number of aryl methyl sites for hydroxylation is 2. The van der Waals surface area contributed by atoms with Gasteiger partial charge in [0.2, 0.25) is 0 Å². The standard InChI is InChI=1S/C18H20N2O3S/c21-9-8-19-17(23)15-7-10-24-18(15)20-16(22)14-6-5-12-3-1-2-4-13(12)11-14/h5-7,10-11,21H,1-4,8-9H2,(H,19,23)(H,20,22). The average molecular weight is 344 g/mol. The highest BCUT2D eigenvalue weighted by atomic mass is 32.1. The van der Waals surface area contributed by atoms with Gasteiger partial charge in [-0.15, -0.1) is 11.3 Å². The number of carbonyl (C=O) groups excluding carboxylic acids is 2. The molecule has 0 saturated carbocycles. The first-order valence-electron chi connectivity index (χ1n) is 8.09. The molecule has 1 aliphatic carbocycles. The van der Waals surface area contributed by atoms with Crippen LogP contribution in [0.3, 0.4) is 0 Å². The molecule has 1 aromatic heterocycles. The minimum atomic E-state index is -0.300. The van der Waals surface area contributed by atoms with Gasteiger partial charge >= 0.3 is 0 Å². The molecule has 3 rings (SSSR count). The quantitative estimate of drug-likeness (QED) is 0.780. The average Bonchev–Trinajstić information content (AvgIpc) is 3.07. The molecule has 1 heterocycles. The topological polar surface area (TPSA) is 78.4 Å². The van der Waals surface area contributed by atoms with Crippen molar-refractivity contribution in [3.63, 3.8) is 0 Å². The Balaban J connectivity index is 1.74. The third kappa shape index (κ3) is 3.66. The van der Waals surface area contributed by atoms with Gasteiger partial charge in [-0.3, -0.25) is 9.59 Å². The number of benzene rings is 1. The molecule has 126 valence electrons. The third-order valence-electron chi connectivity index (χ3n) is 4.14. The van der Waals surface area contributed by atoms with E-state index in [2.05, 4.69) is 10.6 Å². The van der Waals surface area contributed by atoms with E-state index < -0.39 is 0 Å². The lowest BCUT2D eigenvalue weighted by molar-refractivity contribution is 0.0946. The van der Waals surface area contributed by atoms with Crippen molar-refractivity contribution < 1.29 is 14.7 Å². The number of carbonyl (C=O) groups is 2. The predicted octanol–water partition coefficient (Wildman–Crippen LogP) is 2.60. The van der Waals surface area contributed by atoms with E-state index in [-0.39, 0.29) is 25.0 Å². The number of nitrogens with one attached hydrogen (secondary N) is 2. The fourth-order valence-corrected chi connectivity index (χ4v) is 3.68. The van der Waals surface area contributed by atoms with Crippen LogP contribution in [0.15, 0.2) is 29.6 Å². The molecule has 1 aromatic carbocycles. The SMILES string of the molecule is O=C(Nc1sccc1C(=O)NCCO)c1ccc2c(c1)CCCC2. The van der Waals surface area contributed by atoms with Crippen LogP contribution in [0, 0.1) is 0 Å². The summed E-state index contributed by atoms with van der Waals surface area (Å²) in [4.78, 5) is 24.5. The molecule has 0 fully saturated rings. The monoisotopic (exact) mass is 344 g/mol. The highest BCUT2D eigenvalue weighted by Gasteiger charge is 2.17. The van der Waals surface area contributed by atoms with Crippen molar-refractivity contribution in [1.29, 1.82) is 0 Å². The van der Waals surface area contributed by atoms with E-state index in [9.17, 15) is 9.59 Å². The van der Waals surface area contributed by atoms with Crippen molar-refractivity contribution >= 4 is 28.2 Å². The summed E-state index contributed by atoms with van der Waals surface area (Å²) in [7, 11) is 0. The van der Waals surface area contributed by atoms with Crippen molar-refractivity contribution in [2.45, 2.75) is 25.7 Å². The number of thiophene rings is 1. The molecule has 0 saturated heterocycles. The summed E-state index contributed by atoms with van der Waals surface area (Å²) < 4.78 is 0. The molecule has 6 heteroatoms. The second-order valence-corrected chi connectivity index (χ2v) is 6.70. The van der Waals surface area contributed by atoms with Crippen molar-refractivity contribution in [3.05, 3.63) is 51.9 Å². The molecule has 0 spiro atoms. The molecular weight excluding hydrogens is 324 g/mol. The van der Waals surface area contributed by atoms with Gasteiger partial charge in [0.25, 0.3) is 11.8 Å². The van der Waals surface area contributed by atoms with Crippen LogP contribution >= 0.6 is 11.3 Å². The molecule has 24 heavy (non-hydrogen) atoms. The summed E-state index contributed by atoms with van der Waals surface area (Å²) in [5.74, 6) is -0.506. The van der Waals surface area contributed by atoms with Crippen LogP contribution < -0.4 is 10.6 Å². The number of aliphatic hydroxyl groups is 1. The molecule has 0 atom stereocenters. The fraction of sp³-hybridized carbons (Fsp3) is 0.333. The Morgan fingerprint density at radius 3 is 2.67 bits per heavy atom. The first-order valence-corrected chi connectivity index (χ1v) is 8.96. The van der Waals surface area contributed by atoms with Gasteiger partial charge in [-0.1, -0.05) is 6.07 Å². The largest absolute Gasteiger partial charge is 0.395 e. The summed E-state index contributed by atoms with van der Waals surface area (Å²) in [5, 5.41) is 16.5. The summed E-state index contributed by atoms with van der Waals surface area (Å²) in [6, 6.07) is 7.51. The van der Waals surface area contributed by atoms with Crippen LogP contribution in [0.2, 0.25) is 0 Å². The lowest BCUT2D eigenvalue weighted by atomic mass is 9.90. The smallest absolute Gasteiger partial charge is 0.256 e. The fourth-order valence-electron chi connectivity index (χ4n) is 2.90. The minimum Gasteiger partial charge on any atom is -0.395 e. The zero-order chi connectivity index (χ0) is 16.9. The van der Waals surface area contributed by atoms with Gasteiger partial charge < -0.3 is 15.7 Å². The van der Waals surface area contributed by atoms with Gasteiger partial charge in [0.1, 0.15) is 5.00 Å². The van der Waals surface area contributed by atoms with E-state index >= 15 is 0 Å².